The van der Waals surface area contributed by atoms with Gasteiger partial charge in [0.15, 0.2) is 0 Å². The molecule has 4 heterocycles. The second kappa shape index (κ2) is 11.4. The molecule has 0 amide bonds. The standard InChI is InChI=1S/C25H34N6O2S/c32-24-19(17-22-26-9-15-34-22)16-20-18-28-25(29-23(20)31(24)21-6-2-3-7-21)27-8-4-1-5-10-30-11-13-33-14-12-30/h9,15-16,18,21H,1-8,10-14,17H2,(H,27,28,29). The Labute approximate surface area is 204 Å². The van der Waals surface area contributed by atoms with Crippen LogP contribution in [0.15, 0.2) is 28.6 Å². The molecule has 2 fully saturated rings. The number of pyridine rings is 1. The first-order chi connectivity index (χ1) is 16.8. The highest BCUT2D eigenvalue weighted by Crippen LogP contribution is 2.31. The summed E-state index contributed by atoms with van der Waals surface area (Å²) in [6, 6.07) is 2.18. The third-order valence-corrected chi connectivity index (χ3v) is 7.68. The molecule has 1 saturated carbocycles. The topological polar surface area (TPSA) is 85.2 Å². The number of ether oxygens (including phenoxy) is 1. The van der Waals surface area contributed by atoms with Crippen molar-refractivity contribution in [3.05, 3.63) is 44.8 Å². The van der Waals surface area contributed by atoms with Crippen LogP contribution in [-0.4, -0.2) is 63.8 Å². The first-order valence-electron chi connectivity index (χ1n) is 12.6. The molecule has 2 aliphatic rings. The number of unbranched alkanes of at least 4 members (excludes halogenated alkanes) is 2. The van der Waals surface area contributed by atoms with E-state index in [0.29, 0.717) is 12.4 Å². The molecule has 3 aromatic rings. The molecule has 1 aliphatic heterocycles. The van der Waals surface area contributed by atoms with Gasteiger partial charge in [0.1, 0.15) is 5.65 Å². The monoisotopic (exact) mass is 482 g/mol. The van der Waals surface area contributed by atoms with Crippen LogP contribution in [0.2, 0.25) is 0 Å². The van der Waals surface area contributed by atoms with Crippen LogP contribution in [0, 0.1) is 0 Å². The van der Waals surface area contributed by atoms with E-state index < -0.39 is 0 Å². The Morgan fingerprint density at radius 3 is 2.76 bits per heavy atom. The van der Waals surface area contributed by atoms with Gasteiger partial charge < -0.3 is 10.1 Å². The number of rotatable bonds is 10. The minimum Gasteiger partial charge on any atom is -0.379 e. The van der Waals surface area contributed by atoms with Gasteiger partial charge in [0, 0.05) is 60.8 Å². The molecule has 1 aliphatic carbocycles. The average Bonchev–Trinajstić information content (AvgIpc) is 3.57. The zero-order valence-corrected chi connectivity index (χ0v) is 20.6. The summed E-state index contributed by atoms with van der Waals surface area (Å²) in [5, 5.41) is 7.22. The predicted octanol–water partition coefficient (Wildman–Crippen LogP) is 3.87. The first kappa shape index (κ1) is 23.4. The lowest BCUT2D eigenvalue weighted by Crippen LogP contribution is -2.36. The summed E-state index contributed by atoms with van der Waals surface area (Å²) in [6.45, 7) is 5.81. The van der Waals surface area contributed by atoms with E-state index in [1.165, 1.54) is 12.8 Å². The maximum Gasteiger partial charge on any atom is 0.256 e. The van der Waals surface area contributed by atoms with Gasteiger partial charge in [-0.15, -0.1) is 11.3 Å². The van der Waals surface area contributed by atoms with Crippen LogP contribution >= 0.6 is 11.3 Å². The number of fused-ring (bicyclic) bond motifs is 1. The van der Waals surface area contributed by atoms with Gasteiger partial charge in [-0.2, -0.15) is 4.98 Å². The first-order valence-corrected chi connectivity index (χ1v) is 13.5. The molecule has 0 spiro atoms. The van der Waals surface area contributed by atoms with Crippen LogP contribution in [-0.2, 0) is 11.2 Å². The molecule has 0 bridgehead atoms. The quantitative estimate of drug-likeness (QED) is 0.439. The average molecular weight is 483 g/mol. The van der Waals surface area contributed by atoms with E-state index in [1.807, 2.05) is 22.2 Å². The molecule has 3 aromatic heterocycles. The normalized spacial score (nSPS) is 17.5. The van der Waals surface area contributed by atoms with Gasteiger partial charge in [-0.1, -0.05) is 19.3 Å². The highest BCUT2D eigenvalue weighted by atomic mass is 32.1. The Morgan fingerprint density at radius 1 is 1.12 bits per heavy atom. The number of aromatic nitrogens is 4. The maximum absolute atomic E-state index is 13.5. The van der Waals surface area contributed by atoms with Crippen molar-refractivity contribution in [3.63, 3.8) is 0 Å². The van der Waals surface area contributed by atoms with Crippen molar-refractivity contribution in [1.82, 2.24) is 24.4 Å². The fraction of sp³-hybridized carbons (Fsp3) is 0.600. The largest absolute Gasteiger partial charge is 0.379 e. The molecule has 1 saturated heterocycles. The van der Waals surface area contributed by atoms with E-state index in [1.54, 1.807) is 17.5 Å². The summed E-state index contributed by atoms with van der Waals surface area (Å²) < 4.78 is 7.36. The van der Waals surface area contributed by atoms with Crippen molar-refractivity contribution in [2.45, 2.75) is 57.4 Å². The molecule has 0 atom stereocenters. The molecule has 182 valence electrons. The summed E-state index contributed by atoms with van der Waals surface area (Å²) in [5.41, 5.74) is 1.60. The molecule has 0 radical (unpaired) electrons. The Kier molecular flexibility index (Phi) is 7.83. The molecular formula is C25H34N6O2S. The van der Waals surface area contributed by atoms with Gasteiger partial charge in [-0.25, -0.2) is 9.97 Å². The molecule has 0 unspecified atom stereocenters. The van der Waals surface area contributed by atoms with Crippen LogP contribution in [0.4, 0.5) is 5.95 Å². The van der Waals surface area contributed by atoms with E-state index in [0.717, 1.165) is 93.1 Å². The number of anilines is 1. The molecule has 8 nitrogen and oxygen atoms in total. The molecule has 0 aromatic carbocycles. The lowest BCUT2D eigenvalue weighted by Gasteiger charge is -2.26. The third-order valence-electron chi connectivity index (χ3n) is 6.90. The maximum atomic E-state index is 13.5. The van der Waals surface area contributed by atoms with E-state index in [-0.39, 0.29) is 11.6 Å². The van der Waals surface area contributed by atoms with Crippen molar-refractivity contribution in [2.75, 3.05) is 44.7 Å². The third kappa shape index (κ3) is 5.64. The van der Waals surface area contributed by atoms with Crippen molar-refractivity contribution in [3.8, 4) is 0 Å². The Morgan fingerprint density at radius 2 is 1.97 bits per heavy atom. The van der Waals surface area contributed by atoms with Crippen molar-refractivity contribution in [1.29, 1.82) is 0 Å². The van der Waals surface area contributed by atoms with Crippen LogP contribution in [0.5, 0.6) is 0 Å². The SMILES string of the molecule is O=c1c(Cc2nccs2)cc2cnc(NCCCCCN3CCOCC3)nc2n1C1CCCC1. The Hall–Kier alpha value is -2.36. The van der Waals surface area contributed by atoms with Gasteiger partial charge in [0.2, 0.25) is 5.95 Å². The van der Waals surface area contributed by atoms with Crippen LogP contribution in [0.1, 0.15) is 61.6 Å². The van der Waals surface area contributed by atoms with Gasteiger partial charge in [0.05, 0.1) is 18.2 Å². The molecule has 34 heavy (non-hydrogen) atoms. The zero-order valence-electron chi connectivity index (χ0n) is 19.7. The number of nitrogens with zero attached hydrogens (tertiary/aromatic N) is 5. The molecule has 1 N–H and O–H groups in total. The lowest BCUT2D eigenvalue weighted by molar-refractivity contribution is 0.0372. The summed E-state index contributed by atoms with van der Waals surface area (Å²) >= 11 is 1.59. The fourth-order valence-corrected chi connectivity index (χ4v) is 5.69. The zero-order chi connectivity index (χ0) is 23.2. The number of thiazole rings is 1. The van der Waals surface area contributed by atoms with Crippen LogP contribution < -0.4 is 10.9 Å². The highest BCUT2D eigenvalue weighted by Gasteiger charge is 2.23. The van der Waals surface area contributed by atoms with Gasteiger partial charge >= 0.3 is 0 Å². The highest BCUT2D eigenvalue weighted by molar-refractivity contribution is 7.09. The smallest absolute Gasteiger partial charge is 0.256 e. The van der Waals surface area contributed by atoms with Crippen molar-refractivity contribution >= 4 is 28.3 Å². The Bertz CT molecular complexity index is 1120. The number of nitrogens with one attached hydrogen (secondary N) is 1. The summed E-state index contributed by atoms with van der Waals surface area (Å²) in [7, 11) is 0. The molecular weight excluding hydrogens is 448 g/mol. The van der Waals surface area contributed by atoms with Gasteiger partial charge in [-0.3, -0.25) is 14.3 Å². The van der Waals surface area contributed by atoms with Crippen molar-refractivity contribution in [2.24, 2.45) is 0 Å². The van der Waals surface area contributed by atoms with E-state index in [9.17, 15) is 4.79 Å². The van der Waals surface area contributed by atoms with Gasteiger partial charge in [0.25, 0.3) is 5.56 Å². The number of hydrogen-bond acceptors (Lipinski definition) is 8. The summed E-state index contributed by atoms with van der Waals surface area (Å²) in [5.74, 6) is 0.611. The van der Waals surface area contributed by atoms with E-state index in [2.05, 4.69) is 20.2 Å². The van der Waals surface area contributed by atoms with Crippen LogP contribution in [0.25, 0.3) is 11.0 Å². The summed E-state index contributed by atoms with van der Waals surface area (Å²) in [6.07, 6.45) is 12.1. The second-order valence-corrected chi connectivity index (χ2v) is 10.3. The minimum absolute atomic E-state index is 0.0716. The number of hydrogen-bond donors (Lipinski definition) is 1. The predicted molar refractivity (Wildman–Crippen MR) is 136 cm³/mol. The molecule has 9 heteroatoms. The number of morpholine rings is 1. The van der Waals surface area contributed by atoms with E-state index >= 15 is 0 Å². The van der Waals surface area contributed by atoms with Crippen molar-refractivity contribution < 1.29 is 4.74 Å². The minimum atomic E-state index is 0.0716. The van der Waals surface area contributed by atoms with Gasteiger partial charge in [-0.05, 0) is 38.3 Å². The molecule has 5 rings (SSSR count). The Balaban J connectivity index is 1.26. The van der Waals surface area contributed by atoms with E-state index in [4.69, 9.17) is 9.72 Å². The lowest BCUT2D eigenvalue weighted by atomic mass is 10.1. The summed E-state index contributed by atoms with van der Waals surface area (Å²) in [4.78, 5) is 29.8. The van der Waals surface area contributed by atoms with Crippen LogP contribution in [0.3, 0.4) is 0 Å². The second-order valence-electron chi connectivity index (χ2n) is 9.30. The fourth-order valence-electron chi connectivity index (χ4n) is 5.06.